The summed E-state index contributed by atoms with van der Waals surface area (Å²) in [5.74, 6) is 0.0298. The summed E-state index contributed by atoms with van der Waals surface area (Å²) in [6, 6.07) is 0.213. The van der Waals surface area contributed by atoms with Gasteiger partial charge in [-0.3, -0.25) is 9.48 Å². The Hall–Kier alpha value is -2.05. The molecule has 7 heteroatoms. The van der Waals surface area contributed by atoms with Crippen LogP contribution >= 0.6 is 0 Å². The molecule has 2 heterocycles. The molecule has 0 spiro atoms. The third-order valence-corrected chi connectivity index (χ3v) is 5.16. The number of hydrogen-bond acceptors (Lipinski definition) is 4. The molecule has 7 nitrogen and oxygen atoms in total. The van der Waals surface area contributed by atoms with Gasteiger partial charge in [-0.1, -0.05) is 19.8 Å². The number of carbonyl (C=O) groups excluding carboxylic acids is 2. The van der Waals surface area contributed by atoms with Gasteiger partial charge in [0.15, 0.2) is 0 Å². The van der Waals surface area contributed by atoms with Crippen molar-refractivity contribution in [3.63, 3.8) is 0 Å². The van der Waals surface area contributed by atoms with Crippen LogP contribution in [0.4, 0.5) is 4.79 Å². The summed E-state index contributed by atoms with van der Waals surface area (Å²) in [5.41, 5.74) is 0.109. The van der Waals surface area contributed by atoms with E-state index in [9.17, 15) is 9.59 Å². The summed E-state index contributed by atoms with van der Waals surface area (Å²) in [5, 5.41) is 4.46. The van der Waals surface area contributed by atoms with Gasteiger partial charge < -0.3 is 14.5 Å². The second-order valence-electron chi connectivity index (χ2n) is 9.23. The Morgan fingerprint density at radius 2 is 2.03 bits per heavy atom. The molecular weight excluding hydrogens is 368 g/mol. The Bertz CT molecular complexity index is 678. The van der Waals surface area contributed by atoms with E-state index in [0.29, 0.717) is 18.7 Å². The van der Waals surface area contributed by atoms with Crippen LogP contribution in [0, 0.1) is 0 Å². The first-order chi connectivity index (χ1) is 13.6. The van der Waals surface area contributed by atoms with Gasteiger partial charge in [0, 0.05) is 31.9 Å². The molecule has 2 amide bonds. The molecule has 1 aliphatic rings. The molecule has 2 rings (SSSR count). The molecule has 1 atom stereocenters. The molecule has 0 bridgehead atoms. The Balaban J connectivity index is 2.04. The molecule has 0 aliphatic carbocycles. The minimum Gasteiger partial charge on any atom is -0.444 e. The van der Waals surface area contributed by atoms with Crippen LogP contribution in [0.2, 0.25) is 0 Å². The number of aromatic nitrogens is 2. The van der Waals surface area contributed by atoms with Gasteiger partial charge in [-0.05, 0) is 53.9 Å². The van der Waals surface area contributed by atoms with Gasteiger partial charge in [0.2, 0.25) is 0 Å². The third kappa shape index (κ3) is 6.75. The number of nitrogens with zero attached hydrogens (tertiary/aromatic N) is 4. The topological polar surface area (TPSA) is 67.7 Å². The molecule has 1 aromatic rings. The van der Waals surface area contributed by atoms with Crippen LogP contribution in [-0.4, -0.2) is 62.9 Å². The summed E-state index contributed by atoms with van der Waals surface area (Å²) in [6.07, 6.45) is 8.30. The highest BCUT2D eigenvalue weighted by Gasteiger charge is 2.29. The van der Waals surface area contributed by atoms with Gasteiger partial charge in [-0.2, -0.15) is 5.10 Å². The number of rotatable bonds is 7. The highest BCUT2D eigenvalue weighted by Crippen LogP contribution is 2.23. The van der Waals surface area contributed by atoms with Crippen molar-refractivity contribution in [2.75, 3.05) is 19.6 Å². The van der Waals surface area contributed by atoms with Crippen LogP contribution in [0.1, 0.15) is 90.0 Å². The number of likely N-dealkylation sites (tertiary alicyclic amines) is 1. The van der Waals surface area contributed by atoms with Gasteiger partial charge in [-0.15, -0.1) is 0 Å². The first-order valence-corrected chi connectivity index (χ1v) is 11.0. The predicted octanol–water partition coefficient (Wildman–Crippen LogP) is 4.50. The zero-order valence-corrected chi connectivity index (χ0v) is 19.0. The summed E-state index contributed by atoms with van der Waals surface area (Å²) >= 11 is 0. The van der Waals surface area contributed by atoms with E-state index in [1.807, 2.05) is 50.4 Å². The van der Waals surface area contributed by atoms with Crippen molar-refractivity contribution in [3.05, 3.63) is 18.0 Å². The van der Waals surface area contributed by atoms with Gasteiger partial charge in [0.1, 0.15) is 5.60 Å². The third-order valence-electron chi connectivity index (χ3n) is 5.16. The maximum Gasteiger partial charge on any atom is 0.410 e. The average molecular weight is 407 g/mol. The molecule has 0 aromatic carbocycles. The van der Waals surface area contributed by atoms with Crippen molar-refractivity contribution >= 4 is 12.0 Å². The number of carbonyl (C=O) groups is 2. The summed E-state index contributed by atoms with van der Waals surface area (Å²) < 4.78 is 7.35. The molecule has 29 heavy (non-hydrogen) atoms. The average Bonchev–Trinajstić information content (AvgIpc) is 3.13. The van der Waals surface area contributed by atoms with Crippen molar-refractivity contribution < 1.29 is 14.3 Å². The van der Waals surface area contributed by atoms with Crippen LogP contribution in [-0.2, 0) is 4.74 Å². The van der Waals surface area contributed by atoms with Gasteiger partial charge in [0.25, 0.3) is 5.91 Å². The van der Waals surface area contributed by atoms with E-state index in [2.05, 4.69) is 12.0 Å². The minimum atomic E-state index is -0.507. The van der Waals surface area contributed by atoms with Crippen LogP contribution in [0.15, 0.2) is 12.4 Å². The number of piperidine rings is 1. The number of hydrogen-bond donors (Lipinski definition) is 0. The summed E-state index contributed by atoms with van der Waals surface area (Å²) in [6.45, 7) is 13.9. The zero-order valence-electron chi connectivity index (χ0n) is 19.0. The smallest absolute Gasteiger partial charge is 0.410 e. The fraction of sp³-hybridized carbons (Fsp3) is 0.773. The van der Waals surface area contributed by atoms with E-state index in [0.717, 1.165) is 38.6 Å². The van der Waals surface area contributed by atoms with Crippen molar-refractivity contribution in [2.45, 2.75) is 91.3 Å². The van der Waals surface area contributed by atoms with E-state index in [-0.39, 0.29) is 24.1 Å². The fourth-order valence-corrected chi connectivity index (χ4v) is 3.60. The second-order valence-corrected chi connectivity index (χ2v) is 9.23. The van der Waals surface area contributed by atoms with E-state index in [1.165, 1.54) is 0 Å². The highest BCUT2D eigenvalue weighted by atomic mass is 16.6. The highest BCUT2D eigenvalue weighted by molar-refractivity contribution is 5.93. The predicted molar refractivity (Wildman–Crippen MR) is 114 cm³/mol. The zero-order chi connectivity index (χ0) is 21.6. The Kier molecular flexibility index (Phi) is 8.11. The lowest BCUT2D eigenvalue weighted by molar-refractivity contribution is 0.0167. The fourth-order valence-electron chi connectivity index (χ4n) is 3.60. The van der Waals surface area contributed by atoms with Crippen molar-refractivity contribution in [3.8, 4) is 0 Å². The lowest BCUT2D eigenvalue weighted by Crippen LogP contribution is -2.43. The van der Waals surface area contributed by atoms with Crippen LogP contribution in [0.3, 0.4) is 0 Å². The van der Waals surface area contributed by atoms with Crippen molar-refractivity contribution in [1.82, 2.24) is 19.6 Å². The van der Waals surface area contributed by atoms with Crippen LogP contribution in [0.5, 0.6) is 0 Å². The van der Waals surface area contributed by atoms with Gasteiger partial charge in [-0.25, -0.2) is 4.79 Å². The number of unbranched alkanes of at least 4 members (excludes halogenated alkanes) is 2. The molecule has 1 saturated heterocycles. The lowest BCUT2D eigenvalue weighted by Gasteiger charge is -2.34. The molecule has 1 aliphatic heterocycles. The van der Waals surface area contributed by atoms with E-state index >= 15 is 0 Å². The lowest BCUT2D eigenvalue weighted by atomic mass is 10.1. The van der Waals surface area contributed by atoms with Crippen LogP contribution < -0.4 is 0 Å². The standard InChI is InChI=1S/C22H38N4O3/c1-7-8-9-13-25(17(2)3)20(27)18-14-23-26(15-18)19-11-10-12-24(16-19)21(28)29-22(4,5)6/h14-15,17,19H,7-13,16H2,1-6H3/t19-/m1/s1. The number of amides is 2. The maximum absolute atomic E-state index is 13.0. The molecular formula is C22H38N4O3. The second kappa shape index (κ2) is 10.1. The van der Waals surface area contributed by atoms with E-state index in [1.54, 1.807) is 11.1 Å². The number of ether oxygens (including phenoxy) is 1. The van der Waals surface area contributed by atoms with Crippen molar-refractivity contribution in [2.24, 2.45) is 0 Å². The SMILES string of the molecule is CCCCCN(C(=O)c1cnn([C@@H]2CCCN(C(=O)OC(C)(C)C)C2)c1)C(C)C. The van der Waals surface area contributed by atoms with Gasteiger partial charge in [0.05, 0.1) is 17.8 Å². The van der Waals surface area contributed by atoms with Crippen LogP contribution in [0.25, 0.3) is 0 Å². The first-order valence-electron chi connectivity index (χ1n) is 11.0. The van der Waals surface area contributed by atoms with E-state index < -0.39 is 5.60 Å². The molecule has 0 saturated carbocycles. The Labute approximate surface area is 175 Å². The molecule has 164 valence electrons. The monoisotopic (exact) mass is 406 g/mol. The minimum absolute atomic E-state index is 0.0298. The van der Waals surface area contributed by atoms with E-state index in [4.69, 9.17) is 4.74 Å². The normalized spacial score (nSPS) is 17.5. The van der Waals surface area contributed by atoms with Gasteiger partial charge >= 0.3 is 6.09 Å². The quantitative estimate of drug-likeness (QED) is 0.626. The Morgan fingerprint density at radius 3 is 2.66 bits per heavy atom. The largest absolute Gasteiger partial charge is 0.444 e. The van der Waals surface area contributed by atoms with Crippen molar-refractivity contribution in [1.29, 1.82) is 0 Å². The first kappa shape index (κ1) is 23.2. The molecule has 1 fully saturated rings. The summed E-state index contributed by atoms with van der Waals surface area (Å²) in [4.78, 5) is 29.1. The maximum atomic E-state index is 13.0. The summed E-state index contributed by atoms with van der Waals surface area (Å²) in [7, 11) is 0. The molecule has 0 N–H and O–H groups in total. The molecule has 0 unspecified atom stereocenters. The molecule has 1 aromatic heterocycles. The Morgan fingerprint density at radius 1 is 1.31 bits per heavy atom. The molecule has 0 radical (unpaired) electrons.